The molecule has 4 heteroatoms. The van der Waals surface area contributed by atoms with Crippen LogP contribution in [0.1, 0.15) is 42.8 Å². The van der Waals surface area contributed by atoms with Crippen molar-refractivity contribution in [1.82, 2.24) is 5.32 Å². The van der Waals surface area contributed by atoms with E-state index < -0.39 is 0 Å². The van der Waals surface area contributed by atoms with Crippen molar-refractivity contribution in [2.75, 3.05) is 5.73 Å². The summed E-state index contributed by atoms with van der Waals surface area (Å²) < 4.78 is 1.10. The number of carbonyl (C=O) groups is 1. The fourth-order valence-electron chi connectivity index (χ4n) is 2.05. The number of thiophene rings is 1. The molecule has 1 aromatic carbocycles. The lowest BCUT2D eigenvalue weighted by molar-refractivity contribution is 0.0942. The summed E-state index contributed by atoms with van der Waals surface area (Å²) in [6.45, 7) is 4.21. The van der Waals surface area contributed by atoms with Crippen LogP contribution in [0.15, 0.2) is 24.3 Å². The van der Waals surface area contributed by atoms with Crippen LogP contribution in [0.25, 0.3) is 10.1 Å². The van der Waals surface area contributed by atoms with Crippen molar-refractivity contribution in [1.29, 1.82) is 0 Å². The van der Waals surface area contributed by atoms with E-state index in [0.717, 1.165) is 39.9 Å². The summed E-state index contributed by atoms with van der Waals surface area (Å²) in [5.41, 5.74) is 6.48. The molecule has 0 spiro atoms. The number of anilines is 1. The third-order valence-corrected chi connectivity index (χ3v) is 4.25. The predicted molar refractivity (Wildman–Crippen MR) is 82.7 cm³/mol. The number of nitrogens with one attached hydrogen (secondary N) is 1. The quantitative estimate of drug-likeness (QED) is 0.816. The van der Waals surface area contributed by atoms with Crippen LogP contribution >= 0.6 is 11.3 Å². The Kier molecular flexibility index (Phi) is 4.43. The lowest BCUT2D eigenvalue weighted by Gasteiger charge is -2.12. The molecular formula is C15H20N2OS. The molecule has 0 fully saturated rings. The van der Waals surface area contributed by atoms with Crippen LogP contribution in [0.2, 0.25) is 0 Å². The van der Waals surface area contributed by atoms with Gasteiger partial charge in [0.15, 0.2) is 0 Å². The van der Waals surface area contributed by atoms with Crippen molar-refractivity contribution in [2.24, 2.45) is 0 Å². The molecule has 0 aliphatic carbocycles. The molecule has 3 nitrogen and oxygen atoms in total. The maximum atomic E-state index is 12.1. The predicted octanol–water partition coefficient (Wildman–Crippen LogP) is 3.79. The molecule has 0 aliphatic rings. The maximum absolute atomic E-state index is 12.1. The number of carbonyl (C=O) groups excluding carboxylic acids is 1. The van der Waals surface area contributed by atoms with Crippen LogP contribution < -0.4 is 11.1 Å². The molecule has 3 N–H and O–H groups in total. The van der Waals surface area contributed by atoms with E-state index in [-0.39, 0.29) is 11.9 Å². The van der Waals surface area contributed by atoms with Gasteiger partial charge in [-0.1, -0.05) is 19.8 Å². The highest BCUT2D eigenvalue weighted by Crippen LogP contribution is 2.27. The summed E-state index contributed by atoms with van der Waals surface area (Å²) in [4.78, 5) is 12.9. The first kappa shape index (κ1) is 13.9. The van der Waals surface area contributed by atoms with Crippen molar-refractivity contribution in [3.05, 3.63) is 29.1 Å². The molecular weight excluding hydrogens is 256 g/mol. The molecule has 102 valence electrons. The van der Waals surface area contributed by atoms with Gasteiger partial charge in [-0.3, -0.25) is 4.79 Å². The van der Waals surface area contributed by atoms with Gasteiger partial charge in [0.1, 0.15) is 0 Å². The standard InChI is InChI=1S/C15H20N2OS/c1-3-4-5-10(2)17-15(18)14-9-11-8-12(16)6-7-13(11)19-14/h6-10H,3-5,16H2,1-2H3,(H,17,18). The second kappa shape index (κ2) is 6.06. The molecule has 2 rings (SSSR count). The van der Waals surface area contributed by atoms with Crippen molar-refractivity contribution >= 4 is 33.0 Å². The van der Waals surface area contributed by atoms with Gasteiger partial charge in [0.05, 0.1) is 4.88 Å². The molecule has 1 amide bonds. The van der Waals surface area contributed by atoms with E-state index in [1.165, 1.54) is 11.3 Å². The number of nitrogen functional groups attached to an aromatic ring is 1. The number of amides is 1. The lowest BCUT2D eigenvalue weighted by atomic mass is 10.1. The van der Waals surface area contributed by atoms with E-state index >= 15 is 0 Å². The van der Waals surface area contributed by atoms with Gasteiger partial charge >= 0.3 is 0 Å². The molecule has 1 unspecified atom stereocenters. The van der Waals surface area contributed by atoms with Crippen molar-refractivity contribution in [2.45, 2.75) is 39.2 Å². The van der Waals surface area contributed by atoms with Gasteiger partial charge in [0.2, 0.25) is 0 Å². The van der Waals surface area contributed by atoms with E-state index in [9.17, 15) is 4.79 Å². The van der Waals surface area contributed by atoms with Gasteiger partial charge in [-0.2, -0.15) is 0 Å². The van der Waals surface area contributed by atoms with Gasteiger partial charge in [-0.25, -0.2) is 0 Å². The summed E-state index contributed by atoms with van der Waals surface area (Å²) in [7, 11) is 0. The summed E-state index contributed by atoms with van der Waals surface area (Å²) in [6, 6.07) is 7.88. The topological polar surface area (TPSA) is 55.1 Å². The number of unbranched alkanes of at least 4 members (excludes halogenated alkanes) is 1. The Bertz CT molecular complexity index is 577. The normalized spacial score (nSPS) is 12.5. The molecule has 0 radical (unpaired) electrons. The van der Waals surface area contributed by atoms with Crippen LogP contribution in [0.5, 0.6) is 0 Å². The van der Waals surface area contributed by atoms with Crippen LogP contribution in [0, 0.1) is 0 Å². The fraction of sp³-hybridized carbons (Fsp3) is 0.400. The minimum Gasteiger partial charge on any atom is -0.399 e. The summed E-state index contributed by atoms with van der Waals surface area (Å²) >= 11 is 1.51. The number of hydrogen-bond donors (Lipinski definition) is 2. The first-order valence-corrected chi connectivity index (χ1v) is 7.51. The van der Waals surface area contributed by atoms with Crippen LogP contribution in [0.4, 0.5) is 5.69 Å². The monoisotopic (exact) mass is 276 g/mol. The largest absolute Gasteiger partial charge is 0.399 e. The average Bonchev–Trinajstić information content (AvgIpc) is 2.79. The number of benzene rings is 1. The van der Waals surface area contributed by atoms with Crippen molar-refractivity contribution in [3.63, 3.8) is 0 Å². The zero-order chi connectivity index (χ0) is 13.8. The minimum atomic E-state index is 0.0170. The number of nitrogens with two attached hydrogens (primary N) is 1. The molecule has 1 atom stereocenters. The van der Waals surface area contributed by atoms with Crippen LogP contribution in [-0.2, 0) is 0 Å². The zero-order valence-electron chi connectivity index (χ0n) is 11.4. The number of fused-ring (bicyclic) bond motifs is 1. The highest BCUT2D eigenvalue weighted by Gasteiger charge is 2.12. The Morgan fingerprint density at radius 3 is 2.95 bits per heavy atom. The third-order valence-electron chi connectivity index (χ3n) is 3.13. The molecule has 1 aromatic heterocycles. The summed E-state index contributed by atoms with van der Waals surface area (Å²) in [5, 5.41) is 4.09. The summed E-state index contributed by atoms with van der Waals surface area (Å²) in [6.07, 6.45) is 3.33. The molecule has 2 aromatic rings. The third kappa shape index (κ3) is 3.47. The Balaban J connectivity index is 2.08. The zero-order valence-corrected chi connectivity index (χ0v) is 12.2. The van der Waals surface area contributed by atoms with Gasteiger partial charge in [-0.15, -0.1) is 11.3 Å². The lowest BCUT2D eigenvalue weighted by Crippen LogP contribution is -2.31. The molecule has 0 saturated carbocycles. The summed E-state index contributed by atoms with van der Waals surface area (Å²) in [5.74, 6) is 0.0170. The van der Waals surface area contributed by atoms with E-state index in [1.807, 2.05) is 24.3 Å². The highest BCUT2D eigenvalue weighted by atomic mass is 32.1. The first-order chi connectivity index (χ1) is 9.10. The second-order valence-electron chi connectivity index (χ2n) is 4.92. The van der Waals surface area contributed by atoms with Crippen molar-refractivity contribution in [3.8, 4) is 0 Å². The second-order valence-corrected chi connectivity index (χ2v) is 6.01. The van der Waals surface area contributed by atoms with E-state index in [2.05, 4.69) is 19.2 Å². The van der Waals surface area contributed by atoms with E-state index in [1.54, 1.807) is 0 Å². The van der Waals surface area contributed by atoms with Gasteiger partial charge < -0.3 is 11.1 Å². The van der Waals surface area contributed by atoms with Crippen molar-refractivity contribution < 1.29 is 4.79 Å². The van der Waals surface area contributed by atoms with E-state index in [4.69, 9.17) is 5.73 Å². The van der Waals surface area contributed by atoms with Crippen LogP contribution in [-0.4, -0.2) is 11.9 Å². The molecule has 0 aliphatic heterocycles. The molecule has 0 saturated heterocycles. The first-order valence-electron chi connectivity index (χ1n) is 6.70. The van der Waals surface area contributed by atoms with Gasteiger partial charge in [-0.05, 0) is 43.0 Å². The Labute approximate surface area is 117 Å². The molecule has 0 bridgehead atoms. The van der Waals surface area contributed by atoms with Gasteiger partial charge in [0, 0.05) is 16.4 Å². The fourth-order valence-corrected chi connectivity index (χ4v) is 3.00. The SMILES string of the molecule is CCCCC(C)NC(=O)c1cc2cc(N)ccc2s1. The Morgan fingerprint density at radius 1 is 1.42 bits per heavy atom. The Hall–Kier alpha value is -1.55. The smallest absolute Gasteiger partial charge is 0.261 e. The molecule has 1 heterocycles. The number of hydrogen-bond acceptors (Lipinski definition) is 3. The highest BCUT2D eigenvalue weighted by molar-refractivity contribution is 7.20. The van der Waals surface area contributed by atoms with Gasteiger partial charge in [0.25, 0.3) is 5.91 Å². The molecule has 19 heavy (non-hydrogen) atoms. The minimum absolute atomic E-state index is 0.0170. The van der Waals surface area contributed by atoms with Crippen LogP contribution in [0.3, 0.4) is 0 Å². The average molecular weight is 276 g/mol. The maximum Gasteiger partial charge on any atom is 0.261 e. The number of rotatable bonds is 5. The van der Waals surface area contributed by atoms with E-state index in [0.29, 0.717) is 0 Å². The Morgan fingerprint density at radius 2 is 2.21 bits per heavy atom.